The van der Waals surface area contributed by atoms with Gasteiger partial charge < -0.3 is 5.73 Å². The molecule has 6 heteroatoms. The van der Waals surface area contributed by atoms with E-state index < -0.39 is 0 Å². The van der Waals surface area contributed by atoms with Gasteiger partial charge in [-0.05, 0) is 40.8 Å². The van der Waals surface area contributed by atoms with Gasteiger partial charge >= 0.3 is 0 Å². The Morgan fingerprint density at radius 2 is 2.14 bits per heavy atom. The van der Waals surface area contributed by atoms with Crippen LogP contribution in [0.2, 0.25) is 0 Å². The fraction of sp³-hybridized carbons (Fsp3) is 0. The summed E-state index contributed by atoms with van der Waals surface area (Å²) in [6.07, 6.45) is 0. The number of nitrogens with two attached hydrogens (primary N) is 1. The van der Waals surface area contributed by atoms with Crippen molar-refractivity contribution in [2.24, 2.45) is 0 Å². The monoisotopic (exact) mass is 321 g/mol. The lowest BCUT2D eigenvalue weighted by atomic mass is 10.2. The third-order valence-corrected chi connectivity index (χ3v) is 3.28. The normalized spacial score (nSPS) is 10.4. The van der Waals surface area contributed by atoms with Gasteiger partial charge in [0.05, 0.1) is 0 Å². The van der Waals surface area contributed by atoms with Crippen LogP contribution in [0.25, 0.3) is 10.6 Å². The summed E-state index contributed by atoms with van der Waals surface area (Å²) in [6.45, 7) is 0. The van der Waals surface area contributed by atoms with Crippen LogP contribution < -0.4 is 5.73 Å². The van der Waals surface area contributed by atoms with Crippen LogP contribution in [0.4, 0.5) is 9.52 Å². The number of hydrogen-bond donors (Lipinski definition) is 1. The predicted molar refractivity (Wildman–Crippen MR) is 62.4 cm³/mol. The van der Waals surface area contributed by atoms with Gasteiger partial charge in [0.2, 0.25) is 5.13 Å². The molecule has 0 aliphatic heterocycles. The van der Waals surface area contributed by atoms with E-state index in [9.17, 15) is 4.39 Å². The van der Waals surface area contributed by atoms with Gasteiger partial charge in [-0.1, -0.05) is 11.3 Å². The van der Waals surface area contributed by atoms with Crippen molar-refractivity contribution in [3.8, 4) is 10.6 Å². The molecule has 1 aromatic carbocycles. The van der Waals surface area contributed by atoms with Crippen LogP contribution in [0.3, 0.4) is 0 Å². The summed E-state index contributed by atoms with van der Waals surface area (Å²) in [7, 11) is 0. The summed E-state index contributed by atoms with van der Waals surface area (Å²) >= 11 is 3.35. The molecule has 0 saturated heterocycles. The number of benzene rings is 1. The zero-order valence-corrected chi connectivity index (χ0v) is 9.84. The number of aromatic nitrogens is 2. The Kier molecular flexibility index (Phi) is 2.64. The van der Waals surface area contributed by atoms with Crippen LogP contribution >= 0.6 is 33.9 Å². The Labute approximate surface area is 97.3 Å². The molecule has 0 amide bonds. The minimum absolute atomic E-state index is 0.254. The van der Waals surface area contributed by atoms with Crippen LogP contribution in [0.1, 0.15) is 0 Å². The quantitative estimate of drug-likeness (QED) is 0.821. The SMILES string of the molecule is Nc1nnc(-c2ccc(F)cc2I)s1. The van der Waals surface area contributed by atoms with Crippen LogP contribution in [0, 0.1) is 9.39 Å². The summed E-state index contributed by atoms with van der Waals surface area (Å²) < 4.78 is 13.6. The first-order chi connectivity index (χ1) is 6.66. The molecule has 2 aromatic rings. The summed E-state index contributed by atoms with van der Waals surface area (Å²) in [5.74, 6) is -0.254. The second-order valence-electron chi connectivity index (χ2n) is 2.57. The van der Waals surface area contributed by atoms with Gasteiger partial charge in [0.25, 0.3) is 0 Å². The lowest BCUT2D eigenvalue weighted by molar-refractivity contribution is 0.627. The number of rotatable bonds is 1. The largest absolute Gasteiger partial charge is 0.374 e. The number of hydrogen-bond acceptors (Lipinski definition) is 4. The summed E-state index contributed by atoms with van der Waals surface area (Å²) in [5, 5.41) is 8.73. The molecule has 0 saturated carbocycles. The highest BCUT2D eigenvalue weighted by Crippen LogP contribution is 2.29. The maximum absolute atomic E-state index is 12.8. The van der Waals surface area contributed by atoms with Gasteiger partial charge in [-0.25, -0.2) is 4.39 Å². The molecule has 14 heavy (non-hydrogen) atoms. The Balaban J connectivity index is 2.52. The summed E-state index contributed by atoms with van der Waals surface area (Å²) in [5.41, 5.74) is 6.33. The number of anilines is 1. The molecule has 0 bridgehead atoms. The summed E-state index contributed by atoms with van der Waals surface area (Å²) in [4.78, 5) is 0. The first kappa shape index (κ1) is 9.78. The first-order valence-electron chi connectivity index (χ1n) is 3.71. The third kappa shape index (κ3) is 1.85. The van der Waals surface area contributed by atoms with E-state index in [0.717, 1.165) is 9.13 Å². The standard InChI is InChI=1S/C8H5FIN3S/c9-4-1-2-5(6(10)3-4)7-12-13-8(11)14-7/h1-3H,(H2,11,13). The fourth-order valence-corrected chi connectivity index (χ4v) is 2.57. The van der Waals surface area contributed by atoms with Crippen molar-refractivity contribution in [1.82, 2.24) is 10.2 Å². The molecule has 3 nitrogen and oxygen atoms in total. The average Bonchev–Trinajstić information content (AvgIpc) is 2.51. The molecule has 1 heterocycles. The Bertz CT molecular complexity index is 471. The number of halogens is 2. The van der Waals surface area contributed by atoms with Crippen molar-refractivity contribution in [2.45, 2.75) is 0 Å². The average molecular weight is 321 g/mol. The van der Waals surface area contributed by atoms with Gasteiger partial charge in [0, 0.05) is 9.13 Å². The molecule has 0 aliphatic carbocycles. The zero-order valence-electron chi connectivity index (χ0n) is 6.87. The van der Waals surface area contributed by atoms with E-state index in [4.69, 9.17) is 5.73 Å². The molecule has 0 fully saturated rings. The molecule has 0 radical (unpaired) electrons. The van der Waals surface area contributed by atoms with Gasteiger partial charge in [-0.2, -0.15) is 0 Å². The van der Waals surface area contributed by atoms with Gasteiger partial charge in [0.1, 0.15) is 5.82 Å². The van der Waals surface area contributed by atoms with Gasteiger partial charge in [-0.15, -0.1) is 10.2 Å². The smallest absolute Gasteiger partial charge is 0.203 e. The van der Waals surface area contributed by atoms with Gasteiger partial charge in [0.15, 0.2) is 5.01 Å². The molecular weight excluding hydrogens is 316 g/mol. The lowest BCUT2D eigenvalue weighted by Crippen LogP contribution is -1.84. The molecule has 72 valence electrons. The van der Waals surface area contributed by atoms with E-state index in [2.05, 4.69) is 32.8 Å². The second kappa shape index (κ2) is 3.77. The van der Waals surface area contributed by atoms with Crippen molar-refractivity contribution in [3.63, 3.8) is 0 Å². The third-order valence-electron chi connectivity index (χ3n) is 1.60. The zero-order chi connectivity index (χ0) is 10.1. The van der Waals surface area contributed by atoms with Crippen molar-refractivity contribution in [1.29, 1.82) is 0 Å². The van der Waals surface area contributed by atoms with Crippen molar-refractivity contribution >= 4 is 39.1 Å². The molecular formula is C8H5FIN3S. The van der Waals surface area contributed by atoms with Crippen LogP contribution in [0.15, 0.2) is 18.2 Å². The minimum Gasteiger partial charge on any atom is -0.374 e. The maximum atomic E-state index is 12.8. The minimum atomic E-state index is -0.254. The molecule has 2 N–H and O–H groups in total. The second-order valence-corrected chi connectivity index (χ2v) is 4.74. The molecule has 2 rings (SSSR count). The molecule has 1 aromatic heterocycles. The summed E-state index contributed by atoms with van der Waals surface area (Å²) in [6, 6.07) is 4.53. The highest BCUT2D eigenvalue weighted by Gasteiger charge is 2.08. The fourth-order valence-electron chi connectivity index (χ4n) is 1.01. The molecule has 0 aliphatic rings. The van der Waals surface area contributed by atoms with E-state index in [-0.39, 0.29) is 5.82 Å². The van der Waals surface area contributed by atoms with E-state index in [1.54, 1.807) is 6.07 Å². The van der Waals surface area contributed by atoms with Crippen LogP contribution in [-0.4, -0.2) is 10.2 Å². The highest BCUT2D eigenvalue weighted by atomic mass is 127. The molecule has 0 atom stereocenters. The van der Waals surface area contributed by atoms with Gasteiger partial charge in [-0.3, -0.25) is 0 Å². The van der Waals surface area contributed by atoms with Crippen LogP contribution in [0.5, 0.6) is 0 Å². The van der Waals surface area contributed by atoms with Crippen molar-refractivity contribution in [2.75, 3.05) is 5.73 Å². The number of nitrogens with zero attached hydrogens (tertiary/aromatic N) is 2. The van der Waals surface area contributed by atoms with Crippen molar-refractivity contribution in [3.05, 3.63) is 27.6 Å². The topological polar surface area (TPSA) is 51.8 Å². The highest BCUT2D eigenvalue weighted by molar-refractivity contribution is 14.1. The van der Waals surface area contributed by atoms with E-state index in [1.807, 2.05) is 0 Å². The molecule has 0 unspecified atom stereocenters. The molecule has 0 spiro atoms. The first-order valence-corrected chi connectivity index (χ1v) is 5.61. The maximum Gasteiger partial charge on any atom is 0.203 e. The number of nitrogen functional groups attached to an aromatic ring is 1. The Morgan fingerprint density at radius 1 is 1.36 bits per heavy atom. The Hall–Kier alpha value is -0.760. The Morgan fingerprint density at radius 3 is 2.71 bits per heavy atom. The predicted octanol–water partition coefficient (Wildman–Crippen LogP) is 2.53. The van der Waals surface area contributed by atoms with Crippen molar-refractivity contribution < 1.29 is 4.39 Å². The van der Waals surface area contributed by atoms with Crippen LogP contribution in [-0.2, 0) is 0 Å². The van der Waals surface area contributed by atoms with E-state index in [1.165, 1.54) is 23.5 Å². The lowest BCUT2D eigenvalue weighted by Gasteiger charge is -1.98. The van der Waals surface area contributed by atoms with E-state index >= 15 is 0 Å². The van der Waals surface area contributed by atoms with E-state index in [0.29, 0.717) is 10.1 Å².